The van der Waals surface area contributed by atoms with Gasteiger partial charge in [-0.1, -0.05) is 96.2 Å². The molecule has 4 aromatic rings. The number of imide groups is 1. The second kappa shape index (κ2) is 16.2. The van der Waals surface area contributed by atoms with Crippen LogP contribution in [-0.2, 0) is 29.6 Å². The number of piperazine rings is 1. The largest absolute Gasteiger partial charge is 0.480 e. The van der Waals surface area contributed by atoms with Crippen molar-refractivity contribution < 1.29 is 33.9 Å². The minimum atomic E-state index is -1.59. The summed E-state index contributed by atoms with van der Waals surface area (Å²) in [6.07, 6.45) is 0. The second-order valence-corrected chi connectivity index (χ2v) is 14.6. The quantitative estimate of drug-likeness (QED) is 0.0675. The first-order valence-corrected chi connectivity index (χ1v) is 18.5. The number of oxime groups is 1. The Bertz CT molecular complexity index is 1980. The number of aliphatic carboxylic acids is 1. The van der Waals surface area contributed by atoms with E-state index in [0.717, 1.165) is 37.8 Å². The third kappa shape index (κ3) is 7.83. The number of likely N-dealkylation sites (tertiary alicyclic amines) is 1. The number of nitrogens with two attached hydrogens (primary N) is 1. The van der Waals surface area contributed by atoms with Crippen molar-refractivity contribution in [2.45, 2.75) is 37.1 Å². The maximum absolute atomic E-state index is 14.9. The van der Waals surface area contributed by atoms with E-state index in [2.05, 4.69) is 62.1 Å². The standard InChI is InChI=1S/C39H42N8O7S/c1-38(2,54-44-32(29-24-55-36(40)43-29)34(51)42-28-22-46(35(28)52)37(53)45(3)23-31(48)49)33(50)30-21-41-19-20-47(30)39(25-13-7-4-8-14-25,26-15-9-5-10-16-26)27-17-11-6-12-18-27/h4-18,24,28,30,41H,19-23H2,1-3H3,(H2,40,43)(H,42,51)(H,48,49)/t28-,30?/m0/s1. The highest BCUT2D eigenvalue weighted by Crippen LogP contribution is 2.44. The number of urea groups is 1. The molecule has 2 aliphatic heterocycles. The Kier molecular flexibility index (Phi) is 11.4. The van der Waals surface area contributed by atoms with Crippen LogP contribution in [-0.4, -0.2) is 118 Å². The molecule has 2 saturated heterocycles. The van der Waals surface area contributed by atoms with E-state index in [4.69, 9.17) is 15.7 Å². The Morgan fingerprint density at radius 2 is 1.56 bits per heavy atom. The van der Waals surface area contributed by atoms with Gasteiger partial charge in [0, 0.05) is 32.1 Å². The molecular formula is C39H42N8O7S. The van der Waals surface area contributed by atoms with Crippen LogP contribution in [0.4, 0.5) is 9.93 Å². The molecule has 0 saturated carbocycles. The van der Waals surface area contributed by atoms with E-state index in [1.54, 1.807) is 13.8 Å². The molecular weight excluding hydrogens is 725 g/mol. The number of carbonyl (C=O) groups excluding carboxylic acids is 4. The molecule has 3 aromatic carbocycles. The van der Waals surface area contributed by atoms with Gasteiger partial charge in [0.15, 0.2) is 22.2 Å². The molecule has 5 N–H and O–H groups in total. The van der Waals surface area contributed by atoms with E-state index in [9.17, 15) is 24.0 Å². The average Bonchev–Trinajstić information content (AvgIpc) is 3.62. The zero-order valence-corrected chi connectivity index (χ0v) is 31.4. The first kappa shape index (κ1) is 38.7. The van der Waals surface area contributed by atoms with Crippen molar-refractivity contribution in [2.75, 3.05) is 45.5 Å². The van der Waals surface area contributed by atoms with Crippen LogP contribution in [0, 0.1) is 0 Å². The molecule has 0 radical (unpaired) electrons. The molecule has 15 nitrogen and oxygen atoms in total. The summed E-state index contributed by atoms with van der Waals surface area (Å²) in [6.45, 7) is 3.79. The number of nitrogens with one attached hydrogen (secondary N) is 2. The highest BCUT2D eigenvalue weighted by atomic mass is 32.1. The van der Waals surface area contributed by atoms with Crippen molar-refractivity contribution in [2.24, 2.45) is 5.16 Å². The van der Waals surface area contributed by atoms with E-state index < -0.39 is 53.6 Å². The zero-order chi connectivity index (χ0) is 39.3. The summed E-state index contributed by atoms with van der Waals surface area (Å²) in [4.78, 5) is 79.0. The maximum Gasteiger partial charge on any atom is 0.327 e. The first-order valence-electron chi connectivity index (χ1n) is 17.6. The number of ketones is 1. The molecule has 1 unspecified atom stereocenters. The van der Waals surface area contributed by atoms with Crippen molar-refractivity contribution in [1.29, 1.82) is 0 Å². The predicted octanol–water partition coefficient (Wildman–Crippen LogP) is 2.52. The fourth-order valence-corrected chi connectivity index (χ4v) is 7.54. The number of β-lactam (4-membered cyclic amide) rings is 1. The highest BCUT2D eigenvalue weighted by Gasteiger charge is 2.51. The van der Waals surface area contributed by atoms with E-state index >= 15 is 0 Å². The molecule has 0 bridgehead atoms. The summed E-state index contributed by atoms with van der Waals surface area (Å²) in [5.74, 6) is -3.13. The Labute approximate surface area is 321 Å². The minimum Gasteiger partial charge on any atom is -0.480 e. The molecule has 2 atom stereocenters. The molecule has 55 heavy (non-hydrogen) atoms. The lowest BCUT2D eigenvalue weighted by Crippen LogP contribution is -2.67. The van der Waals surface area contributed by atoms with Crippen LogP contribution in [0.3, 0.4) is 0 Å². The van der Waals surface area contributed by atoms with Crippen LogP contribution in [0.25, 0.3) is 0 Å². The van der Waals surface area contributed by atoms with E-state index in [1.807, 2.05) is 54.6 Å². The topological polar surface area (TPSA) is 200 Å². The predicted molar refractivity (Wildman–Crippen MR) is 205 cm³/mol. The smallest absolute Gasteiger partial charge is 0.327 e. The molecule has 1 aromatic heterocycles. The van der Waals surface area contributed by atoms with Crippen LogP contribution in [0.15, 0.2) is 102 Å². The summed E-state index contributed by atoms with van der Waals surface area (Å²) >= 11 is 1.06. The molecule has 16 heteroatoms. The van der Waals surface area contributed by atoms with Crippen molar-refractivity contribution in [1.82, 2.24) is 30.3 Å². The number of hydrogen-bond acceptors (Lipinski definition) is 12. The van der Waals surface area contributed by atoms with Gasteiger partial charge < -0.3 is 31.2 Å². The Morgan fingerprint density at radius 3 is 2.05 bits per heavy atom. The van der Waals surface area contributed by atoms with Gasteiger partial charge in [0.05, 0.1) is 18.1 Å². The van der Waals surface area contributed by atoms with E-state index in [1.165, 1.54) is 12.4 Å². The number of nitrogens with zero attached hydrogens (tertiary/aromatic N) is 5. The Hall–Kier alpha value is -5.97. The molecule has 0 spiro atoms. The number of rotatable bonds is 13. The Morgan fingerprint density at radius 1 is 1.00 bits per heavy atom. The lowest BCUT2D eigenvalue weighted by Gasteiger charge is -2.51. The number of hydrogen-bond donors (Lipinski definition) is 4. The number of carboxylic acids is 1. The van der Waals surface area contributed by atoms with Gasteiger partial charge in [0.1, 0.15) is 18.3 Å². The van der Waals surface area contributed by atoms with Crippen LogP contribution in [0.5, 0.6) is 0 Å². The summed E-state index contributed by atoms with van der Waals surface area (Å²) in [6, 6.07) is 27.5. The third-order valence-corrected chi connectivity index (χ3v) is 10.3. The third-order valence-electron chi connectivity index (χ3n) is 9.65. The van der Waals surface area contributed by atoms with Crippen molar-refractivity contribution in [3.63, 3.8) is 0 Å². The molecule has 6 rings (SSSR count). The van der Waals surface area contributed by atoms with Crippen molar-refractivity contribution >= 4 is 51.8 Å². The monoisotopic (exact) mass is 766 g/mol. The molecule has 2 fully saturated rings. The van der Waals surface area contributed by atoms with Crippen molar-refractivity contribution in [3.8, 4) is 0 Å². The van der Waals surface area contributed by atoms with Crippen LogP contribution >= 0.6 is 11.3 Å². The van der Waals surface area contributed by atoms with E-state index in [0.29, 0.717) is 19.6 Å². The molecule has 3 heterocycles. The van der Waals surface area contributed by atoms with Gasteiger partial charge >= 0.3 is 12.0 Å². The van der Waals surface area contributed by atoms with Gasteiger partial charge in [-0.25, -0.2) is 9.78 Å². The number of anilines is 1. The van der Waals surface area contributed by atoms with Gasteiger partial charge in [-0.3, -0.25) is 29.0 Å². The number of benzene rings is 3. The van der Waals surface area contributed by atoms with Crippen molar-refractivity contribution in [3.05, 3.63) is 119 Å². The summed E-state index contributed by atoms with van der Waals surface area (Å²) in [7, 11) is 1.25. The van der Waals surface area contributed by atoms with Crippen LogP contribution in [0.2, 0.25) is 0 Å². The maximum atomic E-state index is 14.9. The fraction of sp³-hybridized carbons (Fsp3) is 0.308. The van der Waals surface area contributed by atoms with Gasteiger partial charge in [0.25, 0.3) is 11.8 Å². The first-order chi connectivity index (χ1) is 26.3. The number of amides is 4. The number of Topliss-reactive ketones (excluding diaryl/α,β-unsaturated/α-hetero) is 1. The summed E-state index contributed by atoms with van der Waals surface area (Å²) in [5.41, 5.74) is 6.06. The number of carbonyl (C=O) groups is 5. The normalized spacial score (nSPS) is 17.9. The minimum absolute atomic E-state index is 0.0568. The molecule has 286 valence electrons. The molecule has 0 aliphatic carbocycles. The molecule has 2 aliphatic rings. The van der Waals surface area contributed by atoms with Gasteiger partial charge in [-0.05, 0) is 30.5 Å². The van der Waals surface area contributed by atoms with Gasteiger partial charge in [-0.2, -0.15) is 0 Å². The SMILES string of the molecule is CN(CC(=O)O)C(=O)N1C[C@H](NC(=O)C(=NOC(C)(C)C(=O)C2CNCCN2C(c2ccccc2)(c2ccccc2)c2ccccc2)c2csc(N)n2)C1=O. The second-order valence-electron chi connectivity index (χ2n) is 13.7. The summed E-state index contributed by atoms with van der Waals surface area (Å²) < 4.78 is 0. The van der Waals surface area contributed by atoms with E-state index in [-0.39, 0.29) is 28.9 Å². The van der Waals surface area contributed by atoms with Crippen LogP contribution < -0.4 is 16.4 Å². The highest BCUT2D eigenvalue weighted by molar-refractivity contribution is 7.13. The average molecular weight is 767 g/mol. The van der Waals surface area contributed by atoms with Crippen LogP contribution in [0.1, 0.15) is 36.2 Å². The number of aromatic nitrogens is 1. The number of carboxylic acid groups (broad SMARTS) is 1. The van der Waals surface area contributed by atoms with Gasteiger partial charge in [0.2, 0.25) is 0 Å². The summed E-state index contributed by atoms with van der Waals surface area (Å²) in [5, 5.41) is 20.7. The lowest BCUT2D eigenvalue weighted by atomic mass is 9.73. The van der Waals surface area contributed by atoms with Gasteiger partial charge in [-0.15, -0.1) is 11.3 Å². The fourth-order valence-electron chi connectivity index (χ4n) is 6.99. The number of thiazole rings is 1. The number of likely N-dealkylation sites (N-methyl/N-ethyl adjacent to an activating group) is 1. The molecule has 4 amide bonds. The Balaban J connectivity index is 1.30. The number of nitrogen functional groups attached to an aromatic ring is 1. The zero-order valence-electron chi connectivity index (χ0n) is 30.5. The lowest BCUT2D eigenvalue weighted by molar-refractivity contribution is -0.149.